The number of aryl methyl sites for hydroxylation is 1. The summed E-state index contributed by atoms with van der Waals surface area (Å²) in [5.41, 5.74) is 2.60. The van der Waals surface area contributed by atoms with Gasteiger partial charge in [0.05, 0.1) is 22.9 Å². The molecule has 8 heteroatoms. The lowest BCUT2D eigenvalue weighted by Gasteiger charge is -2.32. The zero-order valence-electron chi connectivity index (χ0n) is 23.1. The highest BCUT2D eigenvalue weighted by atomic mass is 16.7. The van der Waals surface area contributed by atoms with Crippen LogP contribution in [0.1, 0.15) is 92.7 Å². The van der Waals surface area contributed by atoms with Gasteiger partial charge >= 0.3 is 13.2 Å². The van der Waals surface area contributed by atoms with Gasteiger partial charge in [-0.15, -0.1) is 0 Å². The fraction of sp³-hybridized carbons (Fsp3) is 0.630. The Labute approximate surface area is 211 Å². The van der Waals surface area contributed by atoms with E-state index in [1.54, 1.807) is 4.90 Å². The summed E-state index contributed by atoms with van der Waals surface area (Å²) in [4.78, 5) is 22.8. The van der Waals surface area contributed by atoms with Crippen LogP contribution in [0.5, 0.6) is 0 Å². The van der Waals surface area contributed by atoms with Crippen LogP contribution >= 0.6 is 0 Å². The number of carbonyl (C=O) groups is 1. The Morgan fingerprint density at radius 3 is 2.23 bits per heavy atom. The second-order valence-corrected chi connectivity index (χ2v) is 11.1. The Kier molecular flexibility index (Phi) is 7.77. The predicted molar refractivity (Wildman–Crippen MR) is 141 cm³/mol. The first-order valence-corrected chi connectivity index (χ1v) is 12.8. The fourth-order valence-electron chi connectivity index (χ4n) is 4.29. The maximum Gasteiger partial charge on any atom is 0.494 e. The van der Waals surface area contributed by atoms with Crippen molar-refractivity contribution in [3.8, 4) is 11.3 Å². The molecular formula is C27H42BN3O4. The molecule has 192 valence electrons. The van der Waals surface area contributed by atoms with Crippen LogP contribution in [-0.2, 0) is 14.0 Å². The molecule has 35 heavy (non-hydrogen) atoms. The summed E-state index contributed by atoms with van der Waals surface area (Å²) in [6.45, 7) is 20.6. The summed E-state index contributed by atoms with van der Waals surface area (Å²) < 4.78 is 17.9. The van der Waals surface area contributed by atoms with Gasteiger partial charge in [0, 0.05) is 17.8 Å². The Morgan fingerprint density at radius 1 is 1.11 bits per heavy atom. The highest BCUT2D eigenvalue weighted by Gasteiger charge is 2.51. The van der Waals surface area contributed by atoms with Gasteiger partial charge in [-0.1, -0.05) is 38.1 Å². The molecule has 3 heterocycles. The standard InChI is InChI=1S/C25H36BN3O4.C2H6/c1-16-20(17-11-13-18(14-12-17)26-32-24(5,6)25(7,8)33-26)28-21(27-16)19-10-9-15-29(19)22(30)31-23(2,3)4;1-2/h11-14,19H,9-10,15H2,1-8H3,(H,27,28);1-2H3/t19-;/m0./s1. The van der Waals surface area contributed by atoms with Crippen LogP contribution in [0.2, 0.25) is 0 Å². The maximum absolute atomic E-state index is 12.7. The number of benzene rings is 1. The fourth-order valence-corrected chi connectivity index (χ4v) is 4.29. The highest BCUT2D eigenvalue weighted by Crippen LogP contribution is 2.37. The number of ether oxygens (including phenoxy) is 1. The number of amides is 1. The van der Waals surface area contributed by atoms with Gasteiger partial charge in [-0.05, 0) is 73.7 Å². The van der Waals surface area contributed by atoms with Gasteiger partial charge in [0.2, 0.25) is 0 Å². The van der Waals surface area contributed by atoms with Gasteiger partial charge in [-0.2, -0.15) is 0 Å². The van der Waals surface area contributed by atoms with E-state index in [4.69, 9.17) is 19.0 Å². The number of carbonyl (C=O) groups excluding carboxylic acids is 1. The first-order chi connectivity index (χ1) is 16.3. The number of likely N-dealkylation sites (tertiary alicyclic amines) is 1. The number of rotatable bonds is 3. The van der Waals surface area contributed by atoms with Crippen molar-refractivity contribution < 1.29 is 18.8 Å². The van der Waals surface area contributed by atoms with Crippen LogP contribution in [0, 0.1) is 6.92 Å². The van der Waals surface area contributed by atoms with E-state index in [1.807, 2.05) is 65.8 Å². The monoisotopic (exact) mass is 483 g/mol. The smallest absolute Gasteiger partial charge is 0.444 e. The van der Waals surface area contributed by atoms with Crippen LogP contribution in [0.3, 0.4) is 0 Å². The van der Waals surface area contributed by atoms with Gasteiger partial charge < -0.3 is 19.0 Å². The van der Waals surface area contributed by atoms with Gasteiger partial charge in [-0.3, -0.25) is 4.90 Å². The minimum atomic E-state index is -0.520. The molecule has 1 atom stereocenters. The number of aromatic amines is 1. The number of imidazole rings is 1. The molecule has 7 nitrogen and oxygen atoms in total. The summed E-state index contributed by atoms with van der Waals surface area (Å²) in [7, 11) is -0.388. The first-order valence-electron chi connectivity index (χ1n) is 12.8. The Bertz CT molecular complexity index is 1010. The Hall–Kier alpha value is -2.32. The molecule has 2 saturated heterocycles. The van der Waals surface area contributed by atoms with Crippen LogP contribution in [0.25, 0.3) is 11.3 Å². The third-order valence-corrected chi connectivity index (χ3v) is 6.81. The van der Waals surface area contributed by atoms with Gasteiger partial charge in [0.1, 0.15) is 11.4 Å². The normalized spacial score (nSPS) is 21.0. The van der Waals surface area contributed by atoms with E-state index < -0.39 is 5.60 Å². The van der Waals surface area contributed by atoms with Crippen LogP contribution in [0.4, 0.5) is 4.79 Å². The van der Waals surface area contributed by atoms with Crippen molar-refractivity contribution >= 4 is 18.7 Å². The number of hydrogen-bond donors (Lipinski definition) is 1. The average Bonchev–Trinajstić information content (AvgIpc) is 3.44. The molecule has 1 aromatic heterocycles. The summed E-state index contributed by atoms with van der Waals surface area (Å²) in [5, 5.41) is 0. The lowest BCUT2D eigenvalue weighted by molar-refractivity contribution is 0.00578. The van der Waals surface area contributed by atoms with Crippen LogP contribution in [0.15, 0.2) is 24.3 Å². The number of hydrogen-bond acceptors (Lipinski definition) is 5. The van der Waals surface area contributed by atoms with E-state index >= 15 is 0 Å². The van der Waals surface area contributed by atoms with E-state index in [-0.39, 0.29) is 30.5 Å². The van der Waals surface area contributed by atoms with E-state index in [1.165, 1.54) is 0 Å². The van der Waals surface area contributed by atoms with E-state index in [0.717, 1.165) is 41.1 Å². The lowest BCUT2D eigenvalue weighted by Crippen LogP contribution is -2.41. The largest absolute Gasteiger partial charge is 0.494 e. The summed E-state index contributed by atoms with van der Waals surface area (Å²) in [6.07, 6.45) is 1.52. The molecule has 0 radical (unpaired) electrons. The van der Waals surface area contributed by atoms with Crippen LogP contribution < -0.4 is 5.46 Å². The van der Waals surface area contributed by atoms with E-state index in [9.17, 15) is 4.79 Å². The topological polar surface area (TPSA) is 76.7 Å². The predicted octanol–water partition coefficient (Wildman–Crippen LogP) is 5.78. The summed E-state index contributed by atoms with van der Waals surface area (Å²) in [6, 6.07) is 8.07. The second-order valence-electron chi connectivity index (χ2n) is 11.1. The number of aromatic nitrogens is 2. The molecule has 2 fully saturated rings. The molecule has 0 spiro atoms. The van der Waals surface area contributed by atoms with Crippen LogP contribution in [-0.4, -0.2) is 51.4 Å². The lowest BCUT2D eigenvalue weighted by atomic mass is 9.79. The van der Waals surface area contributed by atoms with E-state index in [2.05, 4.69) is 32.7 Å². The highest BCUT2D eigenvalue weighted by molar-refractivity contribution is 6.62. The number of nitrogens with zero attached hydrogens (tertiary/aromatic N) is 2. The van der Waals surface area contributed by atoms with Crippen molar-refractivity contribution in [1.82, 2.24) is 14.9 Å². The van der Waals surface area contributed by atoms with Crippen molar-refractivity contribution in [1.29, 1.82) is 0 Å². The molecule has 4 rings (SSSR count). The molecule has 1 N–H and O–H groups in total. The SMILES string of the molecule is CC.Cc1[nH]c([C@@H]2CCCN2C(=O)OC(C)(C)C)nc1-c1ccc(B2OC(C)(C)C(C)(C)O2)cc1. The minimum Gasteiger partial charge on any atom is -0.444 e. The zero-order valence-corrected chi connectivity index (χ0v) is 23.1. The average molecular weight is 483 g/mol. The Morgan fingerprint density at radius 2 is 1.69 bits per heavy atom. The molecule has 2 aliphatic rings. The zero-order chi connectivity index (χ0) is 26.2. The van der Waals surface area contributed by atoms with Crippen molar-refractivity contribution in [2.24, 2.45) is 0 Å². The van der Waals surface area contributed by atoms with Crippen molar-refractivity contribution in [3.63, 3.8) is 0 Å². The van der Waals surface area contributed by atoms with Gasteiger partial charge in [-0.25, -0.2) is 9.78 Å². The Balaban J connectivity index is 0.00000167. The molecule has 0 bridgehead atoms. The van der Waals surface area contributed by atoms with Crippen molar-refractivity contribution in [2.45, 2.75) is 105 Å². The summed E-state index contributed by atoms with van der Waals surface area (Å²) >= 11 is 0. The summed E-state index contributed by atoms with van der Waals surface area (Å²) in [5.74, 6) is 0.806. The third-order valence-electron chi connectivity index (χ3n) is 6.81. The van der Waals surface area contributed by atoms with Gasteiger partial charge in [0.15, 0.2) is 0 Å². The third kappa shape index (κ3) is 5.75. The minimum absolute atomic E-state index is 0.101. The molecule has 2 aliphatic heterocycles. The first kappa shape index (κ1) is 27.3. The van der Waals surface area contributed by atoms with Crippen molar-refractivity contribution in [3.05, 3.63) is 35.8 Å². The molecule has 2 aromatic rings. The quantitative estimate of drug-likeness (QED) is 0.560. The molecule has 1 aromatic carbocycles. The second kappa shape index (κ2) is 9.98. The molecular weight excluding hydrogens is 441 g/mol. The molecule has 0 unspecified atom stereocenters. The van der Waals surface area contributed by atoms with E-state index in [0.29, 0.717) is 6.54 Å². The maximum atomic E-state index is 12.7. The number of nitrogens with one attached hydrogen (secondary N) is 1. The van der Waals surface area contributed by atoms with Gasteiger partial charge in [0.25, 0.3) is 0 Å². The molecule has 0 saturated carbocycles. The molecule has 1 amide bonds. The molecule has 0 aliphatic carbocycles. The van der Waals surface area contributed by atoms with Crippen molar-refractivity contribution in [2.75, 3.05) is 6.54 Å². The number of H-pyrrole nitrogens is 1.